The molecule has 16 heavy (non-hydrogen) atoms. The van der Waals surface area contributed by atoms with E-state index in [-0.39, 0.29) is 0 Å². The summed E-state index contributed by atoms with van der Waals surface area (Å²) >= 11 is 8.13. The number of aryl methyl sites for hydroxylation is 1. The molecule has 1 saturated heterocycles. The van der Waals surface area contributed by atoms with Gasteiger partial charge >= 0.3 is 0 Å². The van der Waals surface area contributed by atoms with Crippen LogP contribution in [0.3, 0.4) is 0 Å². The van der Waals surface area contributed by atoms with Gasteiger partial charge in [0.1, 0.15) is 4.34 Å². The van der Waals surface area contributed by atoms with Crippen LogP contribution in [0.1, 0.15) is 18.5 Å². The number of hydrogen-bond donors (Lipinski definition) is 1. The van der Waals surface area contributed by atoms with Gasteiger partial charge in [-0.3, -0.25) is 0 Å². The maximum Gasteiger partial charge on any atom is 0.150 e. The molecule has 0 aliphatic carbocycles. The molecule has 0 N–H and O–H groups in total. The highest BCUT2D eigenvalue weighted by atomic mass is 32.2. The van der Waals surface area contributed by atoms with Crippen molar-refractivity contribution in [2.45, 2.75) is 24.1 Å². The smallest absolute Gasteiger partial charge is 0.150 e. The predicted octanol–water partition coefficient (Wildman–Crippen LogP) is 3.27. The average molecular weight is 275 g/mol. The van der Waals surface area contributed by atoms with E-state index < -0.39 is 0 Å². The fourth-order valence-electron chi connectivity index (χ4n) is 1.77. The van der Waals surface area contributed by atoms with Gasteiger partial charge < -0.3 is 4.74 Å². The molecule has 5 heteroatoms. The lowest BCUT2D eigenvalue weighted by molar-refractivity contribution is 0.0371. The minimum Gasteiger partial charge on any atom is -0.381 e. The predicted molar refractivity (Wildman–Crippen MR) is 73.9 cm³/mol. The third-order valence-electron chi connectivity index (χ3n) is 2.99. The van der Waals surface area contributed by atoms with Crippen molar-refractivity contribution in [3.8, 4) is 0 Å². The Labute approximate surface area is 111 Å². The Bertz CT molecular complexity index is 334. The van der Waals surface area contributed by atoms with E-state index in [2.05, 4.69) is 23.0 Å². The van der Waals surface area contributed by atoms with Gasteiger partial charge in [-0.2, -0.15) is 12.6 Å². The maximum atomic E-state index is 5.43. The van der Waals surface area contributed by atoms with Gasteiger partial charge in [0.05, 0.1) is 0 Å². The van der Waals surface area contributed by atoms with Crippen molar-refractivity contribution in [2.24, 2.45) is 5.41 Å². The first kappa shape index (κ1) is 12.7. The molecule has 0 aromatic carbocycles. The summed E-state index contributed by atoms with van der Waals surface area (Å²) in [4.78, 5) is 4.49. The molecule has 0 bridgehead atoms. The van der Waals surface area contributed by atoms with Crippen LogP contribution in [0.25, 0.3) is 0 Å². The number of thioether (sulfide) groups is 1. The molecule has 1 aliphatic rings. The Kier molecular flexibility index (Phi) is 4.58. The zero-order valence-corrected chi connectivity index (χ0v) is 12.0. The summed E-state index contributed by atoms with van der Waals surface area (Å²) in [5, 5.41) is 2.11. The van der Waals surface area contributed by atoms with E-state index in [4.69, 9.17) is 4.74 Å². The summed E-state index contributed by atoms with van der Waals surface area (Å²) in [5.41, 5.74) is 1.48. The Hall–Kier alpha value is 0.290. The first-order valence-corrected chi connectivity index (χ1v) is 7.97. The van der Waals surface area contributed by atoms with Gasteiger partial charge in [-0.25, -0.2) is 4.98 Å². The second-order valence-electron chi connectivity index (χ2n) is 4.31. The third kappa shape index (κ3) is 3.15. The van der Waals surface area contributed by atoms with E-state index in [0.717, 1.165) is 43.3 Å². The third-order valence-corrected chi connectivity index (χ3v) is 6.15. The topological polar surface area (TPSA) is 22.1 Å². The van der Waals surface area contributed by atoms with Crippen molar-refractivity contribution < 1.29 is 4.74 Å². The molecule has 0 saturated carbocycles. The quantitative estimate of drug-likeness (QED) is 0.673. The zero-order chi connectivity index (χ0) is 11.4. The molecule has 2 heterocycles. The van der Waals surface area contributed by atoms with Crippen LogP contribution >= 0.6 is 35.7 Å². The first-order valence-electron chi connectivity index (χ1n) is 5.48. The van der Waals surface area contributed by atoms with Crippen LogP contribution in [-0.4, -0.2) is 29.7 Å². The largest absolute Gasteiger partial charge is 0.381 e. The molecule has 1 aromatic rings. The standard InChI is InChI=1S/C11H17NOS3/c1-9-6-15-10(12-9)16-8-11(7-14)2-4-13-5-3-11/h6,14H,2-5,7-8H2,1H3. The van der Waals surface area contributed by atoms with E-state index in [0.29, 0.717) is 5.41 Å². The number of ether oxygens (including phenoxy) is 1. The van der Waals surface area contributed by atoms with E-state index in [9.17, 15) is 0 Å². The molecule has 0 amide bonds. The molecular weight excluding hydrogens is 258 g/mol. The van der Waals surface area contributed by atoms with Gasteiger partial charge in [0.25, 0.3) is 0 Å². The maximum absolute atomic E-state index is 5.43. The lowest BCUT2D eigenvalue weighted by Crippen LogP contribution is -2.33. The first-order chi connectivity index (χ1) is 7.74. The highest BCUT2D eigenvalue weighted by Gasteiger charge is 2.31. The molecule has 2 rings (SSSR count). The molecular formula is C11H17NOS3. The molecule has 0 spiro atoms. The molecule has 2 nitrogen and oxygen atoms in total. The molecule has 0 radical (unpaired) electrons. The van der Waals surface area contributed by atoms with Crippen LogP contribution in [0, 0.1) is 12.3 Å². The van der Waals surface area contributed by atoms with E-state index >= 15 is 0 Å². The Morgan fingerprint density at radius 3 is 2.88 bits per heavy atom. The molecule has 1 fully saturated rings. The zero-order valence-electron chi connectivity index (χ0n) is 9.44. The molecule has 90 valence electrons. The normalized spacial score (nSPS) is 19.9. The van der Waals surface area contributed by atoms with Crippen molar-refractivity contribution in [3.63, 3.8) is 0 Å². The second-order valence-corrected chi connectivity index (χ2v) is 6.71. The van der Waals surface area contributed by atoms with Crippen LogP contribution in [0.2, 0.25) is 0 Å². The fourth-order valence-corrected chi connectivity index (χ4v) is 4.49. The lowest BCUT2D eigenvalue weighted by atomic mass is 9.84. The number of nitrogens with zero attached hydrogens (tertiary/aromatic N) is 1. The van der Waals surface area contributed by atoms with Crippen LogP contribution in [0.5, 0.6) is 0 Å². The van der Waals surface area contributed by atoms with Gasteiger partial charge in [0.2, 0.25) is 0 Å². The summed E-state index contributed by atoms with van der Waals surface area (Å²) in [6, 6.07) is 0. The molecule has 0 atom stereocenters. The van der Waals surface area contributed by atoms with Gasteiger partial charge in [-0.15, -0.1) is 11.3 Å². The number of hydrogen-bond acceptors (Lipinski definition) is 5. The Morgan fingerprint density at radius 1 is 1.56 bits per heavy atom. The number of thiol groups is 1. The summed E-state index contributed by atoms with van der Waals surface area (Å²) in [6.45, 7) is 3.82. The van der Waals surface area contributed by atoms with Crippen molar-refractivity contribution >= 4 is 35.7 Å². The van der Waals surface area contributed by atoms with Crippen molar-refractivity contribution in [1.29, 1.82) is 0 Å². The highest BCUT2D eigenvalue weighted by Crippen LogP contribution is 2.38. The molecule has 1 aliphatic heterocycles. The number of thiazole rings is 1. The van der Waals surface area contributed by atoms with Gasteiger partial charge in [-0.05, 0) is 30.9 Å². The lowest BCUT2D eigenvalue weighted by Gasteiger charge is -2.35. The van der Waals surface area contributed by atoms with Crippen LogP contribution in [0.15, 0.2) is 9.72 Å². The number of rotatable bonds is 4. The monoisotopic (exact) mass is 275 g/mol. The van der Waals surface area contributed by atoms with E-state index in [1.54, 1.807) is 11.3 Å². The Balaban J connectivity index is 1.91. The van der Waals surface area contributed by atoms with Gasteiger partial charge in [0, 0.05) is 30.0 Å². The SMILES string of the molecule is Cc1csc(SCC2(CS)CCOCC2)n1. The summed E-state index contributed by atoms with van der Waals surface area (Å²) in [7, 11) is 0. The fraction of sp³-hybridized carbons (Fsp3) is 0.727. The molecule has 0 unspecified atom stereocenters. The minimum absolute atomic E-state index is 0.353. The second kappa shape index (κ2) is 5.76. The summed E-state index contributed by atoms with van der Waals surface area (Å²) < 4.78 is 6.61. The van der Waals surface area contributed by atoms with Gasteiger partial charge in [0.15, 0.2) is 0 Å². The molecule has 1 aromatic heterocycles. The van der Waals surface area contributed by atoms with Crippen molar-refractivity contribution in [1.82, 2.24) is 4.98 Å². The average Bonchev–Trinajstić information content (AvgIpc) is 2.74. The van der Waals surface area contributed by atoms with Crippen LogP contribution < -0.4 is 0 Å². The minimum atomic E-state index is 0.353. The van der Waals surface area contributed by atoms with Crippen LogP contribution in [0.4, 0.5) is 0 Å². The van der Waals surface area contributed by atoms with Gasteiger partial charge in [-0.1, -0.05) is 11.8 Å². The number of aromatic nitrogens is 1. The van der Waals surface area contributed by atoms with Crippen LogP contribution in [-0.2, 0) is 4.74 Å². The van der Waals surface area contributed by atoms with E-state index in [1.165, 1.54) is 4.34 Å². The Morgan fingerprint density at radius 2 is 2.31 bits per heavy atom. The highest BCUT2D eigenvalue weighted by molar-refractivity contribution is 8.01. The van der Waals surface area contributed by atoms with Crippen molar-refractivity contribution in [3.05, 3.63) is 11.1 Å². The van der Waals surface area contributed by atoms with Crippen molar-refractivity contribution in [2.75, 3.05) is 24.7 Å². The summed E-state index contributed by atoms with van der Waals surface area (Å²) in [5.74, 6) is 2.07. The summed E-state index contributed by atoms with van der Waals surface area (Å²) in [6.07, 6.45) is 2.27. The van der Waals surface area contributed by atoms with E-state index in [1.807, 2.05) is 18.7 Å².